The van der Waals surface area contributed by atoms with Crippen molar-refractivity contribution >= 4 is 6.03 Å². The maximum atomic E-state index is 12.0. The monoisotopic (exact) mass is 271 g/mol. The molecule has 0 radical (unpaired) electrons. The van der Waals surface area contributed by atoms with Crippen LogP contribution in [0.5, 0.6) is 0 Å². The van der Waals surface area contributed by atoms with Gasteiger partial charge in [-0.1, -0.05) is 6.92 Å². The van der Waals surface area contributed by atoms with Crippen molar-refractivity contribution in [3.63, 3.8) is 0 Å². The Morgan fingerprint density at radius 2 is 2.16 bits per heavy atom. The van der Waals surface area contributed by atoms with Gasteiger partial charge in [0.1, 0.15) is 0 Å². The second kappa shape index (κ2) is 7.70. The van der Waals surface area contributed by atoms with Crippen LogP contribution in [-0.4, -0.2) is 65.8 Å². The van der Waals surface area contributed by atoms with E-state index in [0.717, 1.165) is 26.1 Å². The third-order valence-corrected chi connectivity index (χ3v) is 4.01. The van der Waals surface area contributed by atoms with Crippen molar-refractivity contribution in [2.24, 2.45) is 5.92 Å². The second-order valence-corrected chi connectivity index (χ2v) is 5.69. The smallest absolute Gasteiger partial charge is 0.317 e. The predicted molar refractivity (Wildman–Crippen MR) is 77.1 cm³/mol. The zero-order valence-electron chi connectivity index (χ0n) is 12.7. The zero-order chi connectivity index (χ0) is 14.4. The largest absolute Gasteiger partial charge is 0.393 e. The molecule has 2 N–H and O–H groups in total. The van der Waals surface area contributed by atoms with E-state index in [0.29, 0.717) is 19.1 Å². The Hall–Kier alpha value is -0.810. The molecule has 0 aliphatic carbocycles. The van der Waals surface area contributed by atoms with Crippen LogP contribution in [-0.2, 0) is 0 Å². The summed E-state index contributed by atoms with van der Waals surface area (Å²) in [5.41, 5.74) is 0. The van der Waals surface area contributed by atoms with Crippen LogP contribution in [0.3, 0.4) is 0 Å². The van der Waals surface area contributed by atoms with E-state index >= 15 is 0 Å². The molecular formula is C14H29N3O2. The van der Waals surface area contributed by atoms with E-state index in [2.05, 4.69) is 31.0 Å². The topological polar surface area (TPSA) is 55.8 Å². The molecule has 1 heterocycles. The molecule has 2 amide bonds. The van der Waals surface area contributed by atoms with Gasteiger partial charge in [-0.15, -0.1) is 0 Å². The Kier molecular flexibility index (Phi) is 6.58. The minimum atomic E-state index is -0.325. The lowest BCUT2D eigenvalue weighted by Gasteiger charge is -2.25. The Bertz CT molecular complexity index is 282. The summed E-state index contributed by atoms with van der Waals surface area (Å²) in [5, 5.41) is 12.5. The van der Waals surface area contributed by atoms with E-state index in [9.17, 15) is 9.90 Å². The van der Waals surface area contributed by atoms with Crippen molar-refractivity contribution in [2.75, 3.05) is 32.7 Å². The van der Waals surface area contributed by atoms with Crippen LogP contribution in [0.4, 0.5) is 4.79 Å². The Labute approximate surface area is 117 Å². The molecule has 1 saturated heterocycles. The van der Waals surface area contributed by atoms with Crippen LogP contribution in [0.25, 0.3) is 0 Å². The number of amides is 2. The molecule has 5 heteroatoms. The van der Waals surface area contributed by atoms with Gasteiger partial charge in [0.25, 0.3) is 0 Å². The van der Waals surface area contributed by atoms with Gasteiger partial charge in [-0.25, -0.2) is 4.79 Å². The van der Waals surface area contributed by atoms with Crippen LogP contribution in [0, 0.1) is 5.92 Å². The number of likely N-dealkylation sites (N-methyl/N-ethyl adjacent to an activating group) is 1. The molecule has 2 atom stereocenters. The first-order valence-corrected chi connectivity index (χ1v) is 7.40. The summed E-state index contributed by atoms with van der Waals surface area (Å²) >= 11 is 0. The third-order valence-electron chi connectivity index (χ3n) is 4.01. The number of nitrogens with one attached hydrogen (secondary N) is 1. The molecule has 0 aromatic rings. The average Bonchev–Trinajstić information content (AvgIpc) is 2.83. The molecule has 1 aliphatic heterocycles. The standard InChI is InChI=1S/C14H29N3O2/c1-5-16(11(2)3)9-7-15-14(19)17-8-6-13(10-17)12(4)18/h11-13,18H,5-10H2,1-4H3,(H,15,19)/t12-,13+/m1/s1. The molecule has 5 nitrogen and oxygen atoms in total. The highest BCUT2D eigenvalue weighted by molar-refractivity contribution is 5.74. The fourth-order valence-corrected chi connectivity index (χ4v) is 2.57. The highest BCUT2D eigenvalue weighted by Crippen LogP contribution is 2.19. The first-order chi connectivity index (χ1) is 8.95. The van der Waals surface area contributed by atoms with Gasteiger partial charge in [0.15, 0.2) is 0 Å². The maximum absolute atomic E-state index is 12.0. The van der Waals surface area contributed by atoms with Crippen LogP contribution >= 0.6 is 0 Å². The Morgan fingerprint density at radius 1 is 1.47 bits per heavy atom. The van der Waals surface area contributed by atoms with Gasteiger partial charge in [-0.2, -0.15) is 0 Å². The lowest BCUT2D eigenvalue weighted by Crippen LogP contribution is -2.43. The molecule has 0 unspecified atom stereocenters. The predicted octanol–water partition coefficient (Wildman–Crippen LogP) is 1.13. The van der Waals surface area contributed by atoms with Crippen molar-refractivity contribution in [1.82, 2.24) is 15.1 Å². The van der Waals surface area contributed by atoms with E-state index in [1.165, 1.54) is 0 Å². The molecule has 0 aromatic carbocycles. The number of aliphatic hydroxyl groups is 1. The molecule has 0 bridgehead atoms. The molecule has 112 valence electrons. The molecule has 1 fully saturated rings. The molecule has 1 aliphatic rings. The highest BCUT2D eigenvalue weighted by atomic mass is 16.3. The lowest BCUT2D eigenvalue weighted by atomic mass is 10.0. The number of rotatable bonds is 6. The Morgan fingerprint density at radius 3 is 2.63 bits per heavy atom. The van der Waals surface area contributed by atoms with Crippen molar-refractivity contribution in [3.05, 3.63) is 0 Å². The van der Waals surface area contributed by atoms with Gasteiger partial charge in [0, 0.05) is 38.1 Å². The van der Waals surface area contributed by atoms with Gasteiger partial charge in [-0.05, 0) is 33.7 Å². The summed E-state index contributed by atoms with van der Waals surface area (Å²) in [6, 6.07) is 0.510. The molecule has 1 rings (SSSR count). The summed E-state index contributed by atoms with van der Waals surface area (Å²) in [5.74, 6) is 0.230. The molecular weight excluding hydrogens is 242 g/mol. The van der Waals surface area contributed by atoms with Crippen LogP contribution in [0.1, 0.15) is 34.1 Å². The van der Waals surface area contributed by atoms with Gasteiger partial charge < -0.3 is 15.3 Å². The average molecular weight is 271 g/mol. The number of likely N-dealkylation sites (tertiary alicyclic amines) is 1. The first-order valence-electron chi connectivity index (χ1n) is 7.40. The van der Waals surface area contributed by atoms with E-state index in [4.69, 9.17) is 0 Å². The van der Waals surface area contributed by atoms with Crippen molar-refractivity contribution in [2.45, 2.75) is 46.3 Å². The van der Waals surface area contributed by atoms with Crippen molar-refractivity contribution < 1.29 is 9.90 Å². The van der Waals surface area contributed by atoms with E-state index in [-0.39, 0.29) is 18.1 Å². The summed E-state index contributed by atoms with van der Waals surface area (Å²) in [7, 11) is 0. The highest BCUT2D eigenvalue weighted by Gasteiger charge is 2.28. The first kappa shape index (κ1) is 16.2. The minimum Gasteiger partial charge on any atom is -0.393 e. The summed E-state index contributed by atoms with van der Waals surface area (Å²) in [4.78, 5) is 16.1. The Balaban J connectivity index is 2.25. The zero-order valence-corrected chi connectivity index (χ0v) is 12.7. The quantitative estimate of drug-likeness (QED) is 0.761. The number of carbonyl (C=O) groups excluding carboxylic acids is 1. The fourth-order valence-electron chi connectivity index (χ4n) is 2.57. The molecule has 0 aromatic heterocycles. The molecule has 19 heavy (non-hydrogen) atoms. The number of hydrogen-bond donors (Lipinski definition) is 2. The van der Waals surface area contributed by atoms with Gasteiger partial charge in [-0.3, -0.25) is 4.90 Å². The number of aliphatic hydroxyl groups excluding tert-OH is 1. The van der Waals surface area contributed by atoms with E-state index in [1.807, 2.05) is 4.90 Å². The summed E-state index contributed by atoms with van der Waals surface area (Å²) in [6.07, 6.45) is 0.576. The minimum absolute atomic E-state index is 0.00274. The van der Waals surface area contributed by atoms with Crippen LogP contribution in [0.15, 0.2) is 0 Å². The second-order valence-electron chi connectivity index (χ2n) is 5.69. The van der Waals surface area contributed by atoms with Gasteiger partial charge in [0.2, 0.25) is 0 Å². The van der Waals surface area contributed by atoms with Crippen molar-refractivity contribution in [3.8, 4) is 0 Å². The van der Waals surface area contributed by atoms with Crippen LogP contribution < -0.4 is 5.32 Å². The van der Waals surface area contributed by atoms with Crippen LogP contribution in [0.2, 0.25) is 0 Å². The third kappa shape index (κ3) is 4.99. The van der Waals surface area contributed by atoms with E-state index < -0.39 is 0 Å². The SMILES string of the molecule is CCN(CCNC(=O)N1CC[C@H]([C@@H](C)O)C1)C(C)C. The normalized spacial score (nSPS) is 21.2. The maximum Gasteiger partial charge on any atom is 0.317 e. The van der Waals surface area contributed by atoms with Gasteiger partial charge in [0.05, 0.1) is 6.10 Å². The van der Waals surface area contributed by atoms with Gasteiger partial charge >= 0.3 is 6.03 Å². The summed E-state index contributed by atoms with van der Waals surface area (Å²) in [6.45, 7) is 12.3. The lowest BCUT2D eigenvalue weighted by molar-refractivity contribution is 0.129. The molecule has 0 spiro atoms. The molecule has 0 saturated carbocycles. The number of carbonyl (C=O) groups is 1. The number of urea groups is 1. The number of hydrogen-bond acceptors (Lipinski definition) is 3. The fraction of sp³-hybridized carbons (Fsp3) is 0.929. The van der Waals surface area contributed by atoms with Crippen molar-refractivity contribution in [1.29, 1.82) is 0 Å². The number of nitrogens with zero attached hydrogens (tertiary/aromatic N) is 2. The van der Waals surface area contributed by atoms with E-state index in [1.54, 1.807) is 6.92 Å². The summed E-state index contributed by atoms with van der Waals surface area (Å²) < 4.78 is 0.